The Morgan fingerprint density at radius 1 is 1.45 bits per heavy atom. The molecule has 2 heterocycles. The summed E-state index contributed by atoms with van der Waals surface area (Å²) in [4.78, 5) is 16.5. The van der Waals surface area contributed by atoms with Crippen molar-refractivity contribution in [3.05, 3.63) is 21.9 Å². The van der Waals surface area contributed by atoms with E-state index >= 15 is 0 Å². The van der Waals surface area contributed by atoms with Crippen LogP contribution < -0.4 is 5.73 Å². The van der Waals surface area contributed by atoms with Gasteiger partial charge < -0.3 is 10.6 Å². The molecule has 0 radical (unpaired) electrons. The van der Waals surface area contributed by atoms with Crippen molar-refractivity contribution in [1.29, 1.82) is 0 Å². The minimum absolute atomic E-state index is 0.101. The van der Waals surface area contributed by atoms with E-state index in [0.29, 0.717) is 24.4 Å². The molecule has 0 aromatic carbocycles. The summed E-state index contributed by atoms with van der Waals surface area (Å²) in [5.41, 5.74) is 7.11. The number of aryl methyl sites for hydroxylation is 1. The van der Waals surface area contributed by atoms with Gasteiger partial charge in [-0.25, -0.2) is 0 Å². The molecule has 3 atom stereocenters. The molecule has 3 rings (SSSR count). The van der Waals surface area contributed by atoms with Crippen molar-refractivity contribution in [1.82, 2.24) is 4.90 Å². The standard InChI is InChI=1S/C16H24N2OS/c1-11-5-6-12(9-17)10-18(11)16(19)14-3-2-4-15-13(14)7-8-20-15/h7-8,11-12,14H,2-6,9-10,17H2,1H3. The maximum atomic E-state index is 13.0. The van der Waals surface area contributed by atoms with E-state index in [2.05, 4.69) is 23.3 Å². The van der Waals surface area contributed by atoms with E-state index in [-0.39, 0.29) is 5.92 Å². The van der Waals surface area contributed by atoms with Gasteiger partial charge in [-0.3, -0.25) is 4.79 Å². The van der Waals surface area contributed by atoms with Crippen molar-refractivity contribution in [2.45, 2.75) is 51.0 Å². The smallest absolute Gasteiger partial charge is 0.230 e. The summed E-state index contributed by atoms with van der Waals surface area (Å²) in [6.45, 7) is 3.74. The molecule has 1 saturated heterocycles. The highest BCUT2D eigenvalue weighted by atomic mass is 32.1. The summed E-state index contributed by atoms with van der Waals surface area (Å²) in [6, 6.07) is 2.53. The Morgan fingerprint density at radius 3 is 3.10 bits per heavy atom. The van der Waals surface area contributed by atoms with E-state index in [0.717, 1.165) is 38.6 Å². The number of amides is 1. The Bertz CT molecular complexity index is 485. The zero-order valence-corrected chi connectivity index (χ0v) is 13.0. The largest absolute Gasteiger partial charge is 0.339 e. The van der Waals surface area contributed by atoms with Crippen molar-refractivity contribution >= 4 is 17.2 Å². The molecule has 1 aliphatic carbocycles. The third-order valence-electron chi connectivity index (χ3n) is 4.95. The summed E-state index contributed by atoms with van der Waals surface area (Å²) >= 11 is 1.81. The molecule has 1 fully saturated rings. The molecule has 0 spiro atoms. The molecule has 1 amide bonds. The van der Waals surface area contributed by atoms with E-state index in [1.54, 1.807) is 0 Å². The van der Waals surface area contributed by atoms with Crippen LogP contribution in [0.5, 0.6) is 0 Å². The number of hydrogen-bond donors (Lipinski definition) is 1. The number of nitrogens with zero attached hydrogens (tertiary/aromatic N) is 1. The number of thiophene rings is 1. The first-order chi connectivity index (χ1) is 9.70. The normalized spacial score (nSPS) is 30.1. The van der Waals surface area contributed by atoms with E-state index in [4.69, 9.17) is 5.73 Å². The van der Waals surface area contributed by atoms with E-state index in [9.17, 15) is 4.79 Å². The van der Waals surface area contributed by atoms with Crippen LogP contribution in [-0.4, -0.2) is 29.9 Å². The van der Waals surface area contributed by atoms with Crippen LogP contribution in [0.2, 0.25) is 0 Å². The molecule has 1 aromatic heterocycles. The Morgan fingerprint density at radius 2 is 2.30 bits per heavy atom. The summed E-state index contributed by atoms with van der Waals surface area (Å²) < 4.78 is 0. The quantitative estimate of drug-likeness (QED) is 0.911. The third-order valence-corrected chi connectivity index (χ3v) is 5.94. The molecule has 1 aromatic rings. The summed E-state index contributed by atoms with van der Waals surface area (Å²) in [5, 5.41) is 2.14. The molecule has 1 aliphatic heterocycles. The van der Waals surface area contributed by atoms with Gasteiger partial charge in [-0.1, -0.05) is 0 Å². The number of nitrogens with two attached hydrogens (primary N) is 1. The van der Waals surface area contributed by atoms with Crippen LogP contribution in [0, 0.1) is 5.92 Å². The highest BCUT2D eigenvalue weighted by Crippen LogP contribution is 2.37. The molecular formula is C16H24N2OS. The van der Waals surface area contributed by atoms with E-state index < -0.39 is 0 Å². The molecule has 2 N–H and O–H groups in total. The number of carbonyl (C=O) groups is 1. The SMILES string of the molecule is CC1CCC(CN)CN1C(=O)C1CCCc2sccc21. The van der Waals surface area contributed by atoms with Crippen molar-refractivity contribution < 1.29 is 4.79 Å². The fourth-order valence-corrected chi connectivity index (χ4v) is 4.61. The molecule has 3 unspecified atom stereocenters. The maximum Gasteiger partial charge on any atom is 0.230 e. The molecule has 110 valence electrons. The van der Waals surface area contributed by atoms with Crippen LogP contribution in [-0.2, 0) is 11.2 Å². The lowest BCUT2D eigenvalue weighted by Crippen LogP contribution is -2.49. The molecule has 0 saturated carbocycles. The topological polar surface area (TPSA) is 46.3 Å². The van der Waals surface area contributed by atoms with Crippen LogP contribution in [0.4, 0.5) is 0 Å². The fourth-order valence-electron chi connectivity index (χ4n) is 3.62. The summed E-state index contributed by atoms with van der Waals surface area (Å²) in [6.07, 6.45) is 5.57. The first-order valence-electron chi connectivity index (χ1n) is 7.77. The molecular weight excluding hydrogens is 268 g/mol. The molecule has 4 heteroatoms. The minimum atomic E-state index is 0.101. The van der Waals surface area contributed by atoms with Crippen LogP contribution >= 0.6 is 11.3 Å². The average molecular weight is 292 g/mol. The van der Waals surface area contributed by atoms with Gasteiger partial charge in [0.2, 0.25) is 5.91 Å². The molecule has 20 heavy (non-hydrogen) atoms. The Labute approximate surface area is 125 Å². The zero-order valence-electron chi connectivity index (χ0n) is 12.2. The van der Waals surface area contributed by atoms with Crippen LogP contribution in [0.1, 0.15) is 49.0 Å². The maximum absolute atomic E-state index is 13.0. The minimum Gasteiger partial charge on any atom is -0.339 e. The van der Waals surface area contributed by atoms with Crippen LogP contribution in [0.15, 0.2) is 11.4 Å². The van der Waals surface area contributed by atoms with Gasteiger partial charge >= 0.3 is 0 Å². The molecule has 2 aliphatic rings. The molecule has 3 nitrogen and oxygen atoms in total. The van der Waals surface area contributed by atoms with Gasteiger partial charge in [-0.05, 0) is 68.5 Å². The van der Waals surface area contributed by atoms with Crippen molar-refractivity contribution in [3.8, 4) is 0 Å². The highest BCUT2D eigenvalue weighted by Gasteiger charge is 2.35. The number of likely N-dealkylation sites (tertiary alicyclic amines) is 1. The van der Waals surface area contributed by atoms with Crippen LogP contribution in [0.3, 0.4) is 0 Å². The first-order valence-corrected chi connectivity index (χ1v) is 8.65. The predicted molar refractivity (Wildman–Crippen MR) is 83.0 cm³/mol. The van der Waals surface area contributed by atoms with Gasteiger partial charge in [0.25, 0.3) is 0 Å². The average Bonchev–Trinajstić information content (AvgIpc) is 2.95. The van der Waals surface area contributed by atoms with Gasteiger partial charge in [0.15, 0.2) is 0 Å². The number of hydrogen-bond acceptors (Lipinski definition) is 3. The second-order valence-electron chi connectivity index (χ2n) is 6.26. The lowest BCUT2D eigenvalue weighted by molar-refractivity contribution is -0.137. The van der Waals surface area contributed by atoms with Gasteiger partial charge in [0.05, 0.1) is 5.92 Å². The lowest BCUT2D eigenvalue weighted by atomic mass is 9.85. The first kappa shape index (κ1) is 14.1. The number of piperidine rings is 1. The van der Waals surface area contributed by atoms with Gasteiger partial charge in [-0.15, -0.1) is 11.3 Å². The van der Waals surface area contributed by atoms with Crippen LogP contribution in [0.25, 0.3) is 0 Å². The number of fused-ring (bicyclic) bond motifs is 1. The summed E-state index contributed by atoms with van der Waals surface area (Å²) in [5.74, 6) is 0.930. The van der Waals surface area contributed by atoms with E-state index in [1.165, 1.54) is 10.4 Å². The molecule has 0 bridgehead atoms. The van der Waals surface area contributed by atoms with Gasteiger partial charge in [0, 0.05) is 17.5 Å². The summed E-state index contributed by atoms with van der Waals surface area (Å²) in [7, 11) is 0. The van der Waals surface area contributed by atoms with Crippen molar-refractivity contribution in [2.75, 3.05) is 13.1 Å². The third kappa shape index (κ3) is 2.51. The Balaban J connectivity index is 1.79. The lowest BCUT2D eigenvalue weighted by Gasteiger charge is -2.40. The highest BCUT2D eigenvalue weighted by molar-refractivity contribution is 7.10. The number of rotatable bonds is 2. The van der Waals surface area contributed by atoms with E-state index in [1.807, 2.05) is 11.3 Å². The monoisotopic (exact) mass is 292 g/mol. The second-order valence-corrected chi connectivity index (χ2v) is 7.26. The van der Waals surface area contributed by atoms with Gasteiger partial charge in [-0.2, -0.15) is 0 Å². The van der Waals surface area contributed by atoms with Gasteiger partial charge in [0.1, 0.15) is 0 Å². The zero-order chi connectivity index (χ0) is 14.1. The fraction of sp³-hybridized carbons (Fsp3) is 0.688. The van der Waals surface area contributed by atoms with Crippen molar-refractivity contribution in [3.63, 3.8) is 0 Å². The number of carbonyl (C=O) groups excluding carboxylic acids is 1. The Kier molecular flexibility index (Phi) is 4.13. The predicted octanol–water partition coefficient (Wildman–Crippen LogP) is 2.75. The van der Waals surface area contributed by atoms with Crippen molar-refractivity contribution in [2.24, 2.45) is 11.7 Å². The second kappa shape index (κ2) is 5.86. The Hall–Kier alpha value is -0.870.